The Hall–Kier alpha value is 0.0295. The van der Waals surface area contributed by atoms with Crippen molar-refractivity contribution in [3.05, 3.63) is 0 Å². The predicted molar refractivity (Wildman–Crippen MR) is 56.2 cm³/mol. The number of ether oxygens (including phenoxy) is 1. The molecule has 7 heteroatoms. The number of thiocarbonyl (C=S) groups is 1. The first kappa shape index (κ1) is 18.7. The van der Waals surface area contributed by atoms with Gasteiger partial charge in [0.1, 0.15) is 0 Å². The number of hydrogen-bond donors (Lipinski definition) is 3. The van der Waals surface area contributed by atoms with E-state index in [9.17, 15) is 0 Å². The van der Waals surface area contributed by atoms with Crippen LogP contribution in [-0.4, -0.2) is 16.5 Å². The first-order valence-electron chi connectivity index (χ1n) is 3.34. The molecule has 0 aromatic heterocycles. The number of nitrogens with two attached hydrogens (primary N) is 2. The van der Waals surface area contributed by atoms with E-state index in [1.165, 1.54) is 0 Å². The van der Waals surface area contributed by atoms with E-state index >= 15 is 0 Å². The van der Waals surface area contributed by atoms with Crippen molar-refractivity contribution in [1.29, 1.82) is 0 Å². The molecule has 4 nitrogen and oxygen atoms in total. The van der Waals surface area contributed by atoms with E-state index < -0.39 is 5.24 Å². The summed E-state index contributed by atoms with van der Waals surface area (Å²) in [4.78, 5) is 9.09. The summed E-state index contributed by atoms with van der Waals surface area (Å²) in [5.74, 6) is 0. The summed E-state index contributed by atoms with van der Waals surface area (Å²) in [6.07, 6.45) is 1.10. The molecule has 0 spiro atoms. The molecule has 13 heavy (non-hydrogen) atoms. The Kier molecular flexibility index (Phi) is 17.3. The average molecular weight is 274 g/mol. The largest absolute Gasteiger partial charge is 0.468 e. The van der Waals surface area contributed by atoms with E-state index in [2.05, 4.69) is 30.6 Å². The van der Waals surface area contributed by atoms with Gasteiger partial charge in [-0.1, -0.05) is 19.6 Å². The summed E-state index contributed by atoms with van der Waals surface area (Å²) in [5.41, 5.74) is 9.41. The van der Waals surface area contributed by atoms with Crippen LogP contribution < -0.4 is 11.5 Å². The van der Waals surface area contributed by atoms with Crippen LogP contribution in [0.1, 0.15) is 20.3 Å². The Morgan fingerprint density at radius 1 is 1.62 bits per heavy atom. The summed E-state index contributed by atoms with van der Waals surface area (Å²) in [7, 11) is 0. The standard InChI is InChI=1S/C5H11NOS.CH3NOS.Cu/c1-3-4(2)7-5(6)8;2-1(3)4;/h4H,3H2,1-2H3,(H2,6,8);(H3,2,3,4);. The third-order valence-electron chi connectivity index (χ3n) is 0.892. The van der Waals surface area contributed by atoms with Crippen LogP contribution in [0.2, 0.25) is 0 Å². The third-order valence-corrected chi connectivity index (χ3v) is 0.988. The Morgan fingerprint density at radius 2 is 1.92 bits per heavy atom. The van der Waals surface area contributed by atoms with Crippen LogP contribution in [0.25, 0.3) is 0 Å². The molecule has 0 rings (SSSR count). The van der Waals surface area contributed by atoms with E-state index in [1.54, 1.807) is 0 Å². The van der Waals surface area contributed by atoms with Gasteiger partial charge in [-0.25, -0.2) is 0 Å². The Labute approximate surface area is 99.6 Å². The Morgan fingerprint density at radius 3 is 2.00 bits per heavy atom. The molecular weight excluding hydrogens is 260 g/mol. The molecular formula is C6H14CuN2O2S2. The van der Waals surface area contributed by atoms with Crippen molar-refractivity contribution in [2.45, 2.75) is 26.4 Å². The molecule has 0 aliphatic carbocycles. The predicted octanol–water partition coefficient (Wildman–Crippen LogP) is 1.04. The molecule has 1 atom stereocenters. The molecule has 1 unspecified atom stereocenters. The number of rotatable bonds is 2. The van der Waals surface area contributed by atoms with Gasteiger partial charge < -0.3 is 16.2 Å². The van der Waals surface area contributed by atoms with Crippen LogP contribution in [0.5, 0.6) is 0 Å². The molecule has 0 heterocycles. The van der Waals surface area contributed by atoms with Crippen LogP contribution in [-0.2, 0) is 21.8 Å². The molecule has 0 aromatic carbocycles. The van der Waals surface area contributed by atoms with Crippen molar-refractivity contribution in [2.75, 3.05) is 0 Å². The number of carbonyl (C=O) groups is 1. The zero-order valence-electron chi connectivity index (χ0n) is 7.41. The van der Waals surface area contributed by atoms with Gasteiger partial charge in [0.15, 0.2) is 0 Å². The van der Waals surface area contributed by atoms with Gasteiger partial charge in [0.2, 0.25) is 0 Å². The van der Waals surface area contributed by atoms with E-state index in [0.29, 0.717) is 0 Å². The summed E-state index contributed by atoms with van der Waals surface area (Å²) >= 11 is 7.60. The van der Waals surface area contributed by atoms with Crippen molar-refractivity contribution in [3.63, 3.8) is 0 Å². The fraction of sp³-hybridized carbons (Fsp3) is 0.667. The van der Waals surface area contributed by atoms with Gasteiger partial charge in [0, 0.05) is 17.1 Å². The second-order valence-corrected chi connectivity index (χ2v) is 2.84. The number of hydrogen-bond acceptors (Lipinski definition) is 3. The van der Waals surface area contributed by atoms with E-state index in [1.807, 2.05) is 13.8 Å². The van der Waals surface area contributed by atoms with Crippen molar-refractivity contribution in [2.24, 2.45) is 11.5 Å². The molecule has 4 N–H and O–H groups in total. The van der Waals surface area contributed by atoms with E-state index in [0.717, 1.165) is 6.42 Å². The minimum absolute atomic E-state index is 0. The fourth-order valence-electron chi connectivity index (χ4n) is 0.282. The first-order chi connectivity index (χ1) is 5.40. The van der Waals surface area contributed by atoms with Crippen LogP contribution in [0.3, 0.4) is 0 Å². The third kappa shape index (κ3) is 33.3. The van der Waals surface area contributed by atoms with Crippen molar-refractivity contribution in [3.8, 4) is 0 Å². The molecule has 0 bridgehead atoms. The van der Waals surface area contributed by atoms with Crippen molar-refractivity contribution >= 4 is 35.3 Å². The van der Waals surface area contributed by atoms with E-state index in [4.69, 9.17) is 15.3 Å². The molecule has 1 radical (unpaired) electrons. The maximum atomic E-state index is 9.09. The molecule has 0 fully saturated rings. The van der Waals surface area contributed by atoms with Gasteiger partial charge in [0.25, 0.3) is 10.4 Å². The van der Waals surface area contributed by atoms with Gasteiger partial charge in [-0.3, -0.25) is 4.79 Å². The van der Waals surface area contributed by atoms with Crippen molar-refractivity contribution < 1.29 is 26.6 Å². The zero-order valence-corrected chi connectivity index (χ0v) is 10.1. The van der Waals surface area contributed by atoms with Crippen LogP contribution in [0, 0.1) is 0 Å². The van der Waals surface area contributed by atoms with Crippen molar-refractivity contribution in [1.82, 2.24) is 0 Å². The maximum Gasteiger partial charge on any atom is 0.273 e. The van der Waals surface area contributed by atoms with Crippen LogP contribution in [0.4, 0.5) is 4.79 Å². The number of primary amides is 1. The SMILES string of the molecule is CCC(C)OC(N)=S.NC(=O)S.[Cu]. The monoisotopic (exact) mass is 273 g/mol. The molecule has 0 saturated carbocycles. The summed E-state index contributed by atoms with van der Waals surface area (Å²) < 4.78 is 4.91. The average Bonchev–Trinajstić information content (AvgIpc) is 1.84. The number of carbonyl (C=O) groups excluding carboxylic acids is 1. The van der Waals surface area contributed by atoms with Gasteiger partial charge >= 0.3 is 0 Å². The number of thiol groups is 1. The maximum absolute atomic E-state index is 9.09. The second-order valence-electron chi connectivity index (χ2n) is 1.99. The quantitative estimate of drug-likeness (QED) is 0.399. The molecule has 0 aliphatic heterocycles. The minimum Gasteiger partial charge on any atom is -0.468 e. The normalized spacial score (nSPS) is 9.77. The second kappa shape index (κ2) is 12.0. The van der Waals surface area contributed by atoms with Crippen LogP contribution >= 0.6 is 24.8 Å². The topological polar surface area (TPSA) is 78.3 Å². The first-order valence-corrected chi connectivity index (χ1v) is 4.20. The summed E-state index contributed by atoms with van der Waals surface area (Å²) in [5, 5.41) is -0.501. The van der Waals surface area contributed by atoms with Gasteiger partial charge in [0.05, 0.1) is 6.10 Å². The fourth-order valence-corrected chi connectivity index (χ4v) is 0.446. The van der Waals surface area contributed by atoms with Gasteiger partial charge in [-0.2, -0.15) is 0 Å². The molecule has 1 amide bonds. The Bertz CT molecular complexity index is 154. The van der Waals surface area contributed by atoms with Crippen LogP contribution in [0.15, 0.2) is 0 Å². The molecule has 0 aromatic rings. The summed E-state index contributed by atoms with van der Waals surface area (Å²) in [6.45, 7) is 3.95. The molecule has 0 aliphatic rings. The van der Waals surface area contributed by atoms with Gasteiger partial charge in [-0.05, 0) is 25.6 Å². The zero-order chi connectivity index (χ0) is 10.1. The Balaban J connectivity index is -0.000000173. The minimum atomic E-state index is -0.639. The van der Waals surface area contributed by atoms with E-state index in [-0.39, 0.29) is 28.3 Å². The molecule has 0 saturated heterocycles. The smallest absolute Gasteiger partial charge is 0.273 e. The molecule has 83 valence electrons. The number of amides is 1. The van der Waals surface area contributed by atoms with Gasteiger partial charge in [-0.15, -0.1) is 0 Å². The summed E-state index contributed by atoms with van der Waals surface area (Å²) in [6, 6.07) is 0.